The lowest BCUT2D eigenvalue weighted by Crippen LogP contribution is -2.26. The van der Waals surface area contributed by atoms with Crippen molar-refractivity contribution in [3.8, 4) is 11.8 Å². The van der Waals surface area contributed by atoms with Gasteiger partial charge in [0, 0.05) is 13.0 Å². The van der Waals surface area contributed by atoms with Crippen molar-refractivity contribution in [2.24, 2.45) is 0 Å². The van der Waals surface area contributed by atoms with E-state index in [-0.39, 0.29) is 24.8 Å². The van der Waals surface area contributed by atoms with Gasteiger partial charge in [-0.1, -0.05) is 23.6 Å². The molecule has 2 amide bonds. The second-order valence-electron chi connectivity index (χ2n) is 3.91. The first-order valence-electron chi connectivity index (χ1n) is 5.79. The first kappa shape index (κ1) is 15.1. The van der Waals surface area contributed by atoms with Crippen molar-refractivity contribution >= 4 is 29.1 Å². The van der Waals surface area contributed by atoms with E-state index in [4.69, 9.17) is 11.6 Å². The molecule has 4 nitrogen and oxygen atoms in total. The molecule has 1 rings (SSSR count). The lowest BCUT2D eigenvalue weighted by molar-refractivity contribution is -0.117. The fourth-order valence-corrected chi connectivity index (χ4v) is 1.66. The highest BCUT2D eigenvalue weighted by Crippen LogP contribution is 2.22. The lowest BCUT2D eigenvalue weighted by atomic mass is 10.2. The smallest absolute Gasteiger partial charge is 0.295 e. The summed E-state index contributed by atoms with van der Waals surface area (Å²) in [4.78, 5) is 22.7. The molecule has 100 valence electrons. The van der Waals surface area contributed by atoms with Crippen LogP contribution in [0.4, 0.5) is 5.69 Å². The van der Waals surface area contributed by atoms with E-state index in [9.17, 15) is 9.59 Å². The molecule has 0 heterocycles. The summed E-state index contributed by atoms with van der Waals surface area (Å²) in [7, 11) is 0. The van der Waals surface area contributed by atoms with Crippen LogP contribution < -0.4 is 10.6 Å². The molecule has 1 aromatic carbocycles. The van der Waals surface area contributed by atoms with Crippen LogP contribution in [0.3, 0.4) is 0 Å². The molecule has 0 fully saturated rings. The summed E-state index contributed by atoms with van der Waals surface area (Å²) in [6, 6.07) is 5.38. The number of carbonyl (C=O) groups is 2. The minimum atomic E-state index is -0.385. The van der Waals surface area contributed by atoms with Gasteiger partial charge in [-0.3, -0.25) is 9.59 Å². The van der Waals surface area contributed by atoms with Crippen LogP contribution in [0, 0.1) is 18.8 Å². The molecule has 0 bridgehead atoms. The first-order chi connectivity index (χ1) is 9.02. The quantitative estimate of drug-likeness (QED) is 0.829. The van der Waals surface area contributed by atoms with Gasteiger partial charge in [0.25, 0.3) is 5.91 Å². The zero-order valence-electron chi connectivity index (χ0n) is 10.8. The standard InChI is InChI=1S/C14H15ClN2O2/c1-3-4-13(18)16-8-7-14(19)17-12-6-5-10(2)9-11(12)15/h5-6,9H,7-8H2,1-2H3,(H,16,18)(H,17,19). The summed E-state index contributed by atoms with van der Waals surface area (Å²) >= 11 is 6.00. The van der Waals surface area contributed by atoms with Gasteiger partial charge in [-0.25, -0.2) is 0 Å². The Hall–Kier alpha value is -1.99. The zero-order valence-corrected chi connectivity index (χ0v) is 11.6. The van der Waals surface area contributed by atoms with Crippen LogP contribution in [-0.2, 0) is 9.59 Å². The molecule has 0 aliphatic heterocycles. The van der Waals surface area contributed by atoms with Crippen molar-refractivity contribution in [2.75, 3.05) is 11.9 Å². The van der Waals surface area contributed by atoms with Crippen LogP contribution >= 0.6 is 11.6 Å². The number of halogens is 1. The first-order valence-corrected chi connectivity index (χ1v) is 6.17. The molecule has 0 aliphatic carbocycles. The Labute approximate surface area is 117 Å². The molecular weight excluding hydrogens is 264 g/mol. The minimum Gasteiger partial charge on any atom is -0.345 e. The van der Waals surface area contributed by atoms with Crippen LogP contribution in [-0.4, -0.2) is 18.4 Å². The number of rotatable bonds is 4. The second-order valence-corrected chi connectivity index (χ2v) is 4.32. The number of anilines is 1. The molecule has 0 unspecified atom stereocenters. The van der Waals surface area contributed by atoms with E-state index < -0.39 is 0 Å². The monoisotopic (exact) mass is 278 g/mol. The van der Waals surface area contributed by atoms with Gasteiger partial charge in [0.1, 0.15) is 0 Å². The van der Waals surface area contributed by atoms with Crippen LogP contribution in [0.25, 0.3) is 0 Å². The Morgan fingerprint density at radius 2 is 2.11 bits per heavy atom. The fraction of sp³-hybridized carbons (Fsp3) is 0.286. The predicted octanol–water partition coefficient (Wildman–Crippen LogP) is 2.12. The molecule has 0 spiro atoms. The second kappa shape index (κ2) is 7.45. The average Bonchev–Trinajstić information content (AvgIpc) is 2.33. The highest BCUT2D eigenvalue weighted by Gasteiger charge is 2.06. The number of hydrogen-bond donors (Lipinski definition) is 2. The third-order valence-electron chi connectivity index (χ3n) is 2.27. The number of aryl methyl sites for hydroxylation is 1. The minimum absolute atomic E-state index is 0.168. The highest BCUT2D eigenvalue weighted by atomic mass is 35.5. The van der Waals surface area contributed by atoms with Gasteiger partial charge in [-0.15, -0.1) is 0 Å². The van der Waals surface area contributed by atoms with E-state index >= 15 is 0 Å². The Morgan fingerprint density at radius 1 is 1.37 bits per heavy atom. The van der Waals surface area contributed by atoms with Gasteiger partial charge in [0.05, 0.1) is 10.7 Å². The third kappa shape index (κ3) is 5.45. The van der Waals surface area contributed by atoms with Crippen molar-refractivity contribution in [1.29, 1.82) is 0 Å². The van der Waals surface area contributed by atoms with E-state index in [0.29, 0.717) is 10.7 Å². The molecule has 0 saturated heterocycles. The van der Waals surface area contributed by atoms with Crippen LogP contribution in [0.15, 0.2) is 18.2 Å². The molecule has 0 atom stereocenters. The lowest BCUT2D eigenvalue weighted by Gasteiger charge is -2.07. The van der Waals surface area contributed by atoms with Gasteiger partial charge < -0.3 is 10.6 Å². The summed E-state index contributed by atoms with van der Waals surface area (Å²) in [6.07, 6.45) is 0.168. The molecule has 0 aromatic heterocycles. The molecule has 0 radical (unpaired) electrons. The van der Waals surface area contributed by atoms with Crippen LogP contribution in [0.2, 0.25) is 5.02 Å². The van der Waals surface area contributed by atoms with Crippen molar-refractivity contribution < 1.29 is 9.59 Å². The largest absolute Gasteiger partial charge is 0.345 e. The van der Waals surface area contributed by atoms with E-state index in [2.05, 4.69) is 22.5 Å². The van der Waals surface area contributed by atoms with Crippen LogP contribution in [0.5, 0.6) is 0 Å². The average molecular weight is 279 g/mol. The summed E-state index contributed by atoms with van der Waals surface area (Å²) in [6.45, 7) is 3.73. The van der Waals surface area contributed by atoms with E-state index in [0.717, 1.165) is 5.56 Å². The maximum atomic E-state index is 11.6. The number of amides is 2. The van der Waals surface area contributed by atoms with Gasteiger partial charge in [-0.05, 0) is 37.5 Å². The Morgan fingerprint density at radius 3 is 2.74 bits per heavy atom. The number of carbonyl (C=O) groups excluding carboxylic acids is 2. The Kier molecular flexibility index (Phi) is 5.91. The molecule has 0 aliphatic rings. The van der Waals surface area contributed by atoms with Crippen LogP contribution in [0.1, 0.15) is 18.9 Å². The van der Waals surface area contributed by atoms with Crippen molar-refractivity contribution in [2.45, 2.75) is 20.3 Å². The van der Waals surface area contributed by atoms with Gasteiger partial charge in [-0.2, -0.15) is 0 Å². The zero-order chi connectivity index (χ0) is 14.3. The summed E-state index contributed by atoms with van der Waals surface area (Å²) in [5.74, 6) is 4.21. The predicted molar refractivity (Wildman–Crippen MR) is 75.9 cm³/mol. The van der Waals surface area contributed by atoms with Gasteiger partial charge >= 0.3 is 0 Å². The SMILES string of the molecule is CC#CC(=O)NCCC(=O)Nc1ccc(C)cc1Cl. The molecule has 5 heteroatoms. The summed E-state index contributed by atoms with van der Waals surface area (Å²) in [5, 5.41) is 5.70. The maximum Gasteiger partial charge on any atom is 0.295 e. The van der Waals surface area contributed by atoms with Crippen molar-refractivity contribution in [3.63, 3.8) is 0 Å². The van der Waals surface area contributed by atoms with Crippen molar-refractivity contribution in [3.05, 3.63) is 28.8 Å². The summed E-state index contributed by atoms with van der Waals surface area (Å²) in [5.41, 5.74) is 1.59. The van der Waals surface area contributed by atoms with Gasteiger partial charge in [0.2, 0.25) is 5.91 Å². The molecule has 2 N–H and O–H groups in total. The molecule has 0 saturated carbocycles. The number of hydrogen-bond acceptors (Lipinski definition) is 2. The van der Waals surface area contributed by atoms with E-state index in [1.807, 2.05) is 13.0 Å². The van der Waals surface area contributed by atoms with E-state index in [1.54, 1.807) is 19.1 Å². The fourth-order valence-electron chi connectivity index (χ4n) is 1.38. The summed E-state index contributed by atoms with van der Waals surface area (Å²) < 4.78 is 0. The molecule has 19 heavy (non-hydrogen) atoms. The Balaban J connectivity index is 2.42. The molecular formula is C14H15ClN2O2. The third-order valence-corrected chi connectivity index (χ3v) is 2.59. The normalized spacial score (nSPS) is 9.21. The number of nitrogens with one attached hydrogen (secondary N) is 2. The topological polar surface area (TPSA) is 58.2 Å². The molecule has 1 aromatic rings. The highest BCUT2D eigenvalue weighted by molar-refractivity contribution is 6.33. The number of benzene rings is 1. The van der Waals surface area contributed by atoms with Gasteiger partial charge in [0.15, 0.2) is 0 Å². The Bertz CT molecular complexity index is 544. The van der Waals surface area contributed by atoms with E-state index in [1.165, 1.54) is 0 Å². The maximum absolute atomic E-state index is 11.6. The van der Waals surface area contributed by atoms with Crippen molar-refractivity contribution in [1.82, 2.24) is 5.32 Å².